The summed E-state index contributed by atoms with van der Waals surface area (Å²) >= 11 is 3.32. The summed E-state index contributed by atoms with van der Waals surface area (Å²) in [6, 6.07) is 12.9. The van der Waals surface area contributed by atoms with Gasteiger partial charge in [0.15, 0.2) is 0 Å². The van der Waals surface area contributed by atoms with Crippen LogP contribution in [-0.4, -0.2) is 23.8 Å². The summed E-state index contributed by atoms with van der Waals surface area (Å²) in [6.07, 6.45) is 0. The Hall–Kier alpha value is -2.64. The number of hydrogen-bond donors (Lipinski definition) is 2. The van der Waals surface area contributed by atoms with Gasteiger partial charge in [-0.25, -0.2) is 4.98 Å². The Morgan fingerprint density at radius 1 is 1.07 bits per heavy atom. The van der Waals surface area contributed by atoms with Crippen molar-refractivity contribution in [3.05, 3.63) is 75.8 Å². The first kappa shape index (κ1) is 20.1. The van der Waals surface area contributed by atoms with Crippen LogP contribution in [0.15, 0.2) is 52.2 Å². The molecule has 0 radical (unpaired) electrons. The molecule has 0 saturated heterocycles. The number of aromatic nitrogens is 1. The van der Waals surface area contributed by atoms with E-state index in [4.69, 9.17) is 0 Å². The molecule has 5 nitrogen and oxygen atoms in total. The number of amides is 2. The molecule has 0 saturated carbocycles. The molecule has 0 atom stereocenters. The molecule has 3 aromatic rings. The van der Waals surface area contributed by atoms with Crippen LogP contribution in [0.2, 0.25) is 0 Å². The van der Waals surface area contributed by atoms with E-state index in [-0.39, 0.29) is 11.8 Å². The van der Waals surface area contributed by atoms with Gasteiger partial charge < -0.3 is 10.6 Å². The maximum atomic E-state index is 12.6. The number of thioether (sulfide) groups is 1. The van der Waals surface area contributed by atoms with Gasteiger partial charge in [0.1, 0.15) is 4.34 Å². The van der Waals surface area contributed by atoms with Crippen LogP contribution in [0.3, 0.4) is 0 Å². The summed E-state index contributed by atoms with van der Waals surface area (Å²) in [4.78, 5) is 29.2. The third-order valence-corrected chi connectivity index (χ3v) is 6.36. The van der Waals surface area contributed by atoms with Crippen LogP contribution in [0.5, 0.6) is 0 Å². The highest BCUT2D eigenvalue weighted by Gasteiger charge is 2.15. The largest absolute Gasteiger partial charge is 0.355 e. The first-order chi connectivity index (χ1) is 13.5. The van der Waals surface area contributed by atoms with Gasteiger partial charge in [-0.1, -0.05) is 36.0 Å². The minimum Gasteiger partial charge on any atom is -0.355 e. The number of anilines is 1. The van der Waals surface area contributed by atoms with Crippen LogP contribution in [0.1, 0.15) is 37.5 Å². The maximum absolute atomic E-state index is 12.6. The highest BCUT2D eigenvalue weighted by atomic mass is 32.2. The van der Waals surface area contributed by atoms with Crippen molar-refractivity contribution in [3.63, 3.8) is 0 Å². The SMILES string of the molecule is CNC(=O)c1c(C)cccc1NC(=O)c1ccc(CSc2nc(C)cs2)cc1. The fourth-order valence-electron chi connectivity index (χ4n) is 2.69. The average molecular weight is 412 g/mol. The van der Waals surface area contributed by atoms with Crippen molar-refractivity contribution in [1.29, 1.82) is 0 Å². The summed E-state index contributed by atoms with van der Waals surface area (Å²) in [6.45, 7) is 3.83. The Kier molecular flexibility index (Phi) is 6.49. The molecule has 7 heteroatoms. The van der Waals surface area contributed by atoms with Gasteiger partial charge in [-0.15, -0.1) is 11.3 Å². The van der Waals surface area contributed by atoms with Crippen LogP contribution in [-0.2, 0) is 5.75 Å². The van der Waals surface area contributed by atoms with E-state index < -0.39 is 0 Å². The number of aryl methyl sites for hydroxylation is 2. The average Bonchev–Trinajstić information content (AvgIpc) is 3.11. The van der Waals surface area contributed by atoms with Gasteiger partial charge in [0, 0.05) is 29.4 Å². The Bertz CT molecular complexity index is 997. The highest BCUT2D eigenvalue weighted by molar-refractivity contribution is 8.00. The van der Waals surface area contributed by atoms with E-state index in [1.807, 2.05) is 43.5 Å². The molecule has 0 aliphatic carbocycles. The predicted molar refractivity (Wildman–Crippen MR) is 115 cm³/mol. The zero-order valence-electron chi connectivity index (χ0n) is 15.9. The summed E-state index contributed by atoms with van der Waals surface area (Å²) in [5.41, 5.74) is 4.49. The van der Waals surface area contributed by atoms with Crippen LogP contribution in [0.4, 0.5) is 5.69 Å². The second-order valence-corrected chi connectivity index (χ2v) is 8.35. The van der Waals surface area contributed by atoms with Crippen LogP contribution in [0, 0.1) is 13.8 Å². The van der Waals surface area contributed by atoms with Gasteiger partial charge >= 0.3 is 0 Å². The highest BCUT2D eigenvalue weighted by Crippen LogP contribution is 2.26. The van der Waals surface area contributed by atoms with Gasteiger partial charge in [0.05, 0.1) is 11.3 Å². The lowest BCUT2D eigenvalue weighted by Crippen LogP contribution is -2.22. The van der Waals surface area contributed by atoms with Gasteiger partial charge in [-0.05, 0) is 43.2 Å². The third-order valence-electron chi connectivity index (χ3n) is 4.15. The summed E-state index contributed by atoms with van der Waals surface area (Å²) < 4.78 is 1.04. The number of hydrogen-bond acceptors (Lipinski definition) is 5. The number of carbonyl (C=O) groups is 2. The maximum Gasteiger partial charge on any atom is 0.255 e. The molecule has 2 N–H and O–H groups in total. The standard InChI is InChI=1S/C21H21N3O2S2/c1-13-5-4-6-17(18(13)20(26)22-3)24-19(25)16-9-7-15(8-10-16)12-28-21-23-14(2)11-27-21/h4-11H,12H2,1-3H3,(H,22,26)(H,24,25). The number of benzene rings is 2. The van der Waals surface area contributed by atoms with Gasteiger partial charge in [0.25, 0.3) is 11.8 Å². The molecule has 2 aromatic carbocycles. The van der Waals surface area contributed by atoms with Crippen molar-refractivity contribution < 1.29 is 9.59 Å². The Morgan fingerprint density at radius 3 is 2.46 bits per heavy atom. The number of rotatable bonds is 6. The van der Waals surface area contributed by atoms with Crippen LogP contribution in [0.25, 0.3) is 0 Å². The molecule has 1 aromatic heterocycles. The second kappa shape index (κ2) is 9.03. The molecular formula is C21H21N3O2S2. The van der Waals surface area contributed by atoms with E-state index in [0.717, 1.165) is 26.9 Å². The van der Waals surface area contributed by atoms with Gasteiger partial charge in [-0.2, -0.15) is 0 Å². The zero-order valence-corrected chi connectivity index (χ0v) is 17.5. The lowest BCUT2D eigenvalue weighted by Gasteiger charge is -2.13. The summed E-state index contributed by atoms with van der Waals surface area (Å²) in [7, 11) is 1.57. The lowest BCUT2D eigenvalue weighted by atomic mass is 10.1. The molecule has 0 bridgehead atoms. The molecule has 3 rings (SSSR count). The molecule has 0 unspecified atom stereocenters. The van der Waals surface area contributed by atoms with Crippen molar-refractivity contribution in [2.45, 2.75) is 23.9 Å². The molecule has 144 valence electrons. The number of nitrogens with zero attached hydrogens (tertiary/aromatic N) is 1. The second-order valence-electron chi connectivity index (χ2n) is 6.27. The van der Waals surface area contributed by atoms with E-state index in [1.165, 1.54) is 0 Å². The van der Waals surface area contributed by atoms with Crippen molar-refractivity contribution >= 4 is 40.6 Å². The van der Waals surface area contributed by atoms with E-state index in [1.54, 1.807) is 48.3 Å². The minimum atomic E-state index is -0.245. The first-order valence-corrected chi connectivity index (χ1v) is 10.6. The molecule has 0 aliphatic heterocycles. The molecule has 0 fully saturated rings. The minimum absolute atomic E-state index is 0.224. The van der Waals surface area contributed by atoms with E-state index in [9.17, 15) is 9.59 Å². The summed E-state index contributed by atoms with van der Waals surface area (Å²) in [5.74, 6) is 0.330. The van der Waals surface area contributed by atoms with E-state index in [0.29, 0.717) is 16.8 Å². The number of thiazole rings is 1. The number of nitrogens with one attached hydrogen (secondary N) is 2. The monoisotopic (exact) mass is 411 g/mol. The fraction of sp³-hybridized carbons (Fsp3) is 0.190. The van der Waals surface area contributed by atoms with Crippen molar-refractivity contribution in [3.8, 4) is 0 Å². The number of carbonyl (C=O) groups excluding carboxylic acids is 2. The molecule has 0 spiro atoms. The van der Waals surface area contributed by atoms with Crippen molar-refractivity contribution in [2.24, 2.45) is 0 Å². The zero-order chi connectivity index (χ0) is 20.1. The molecule has 1 heterocycles. The molecule has 28 heavy (non-hydrogen) atoms. The van der Waals surface area contributed by atoms with E-state index in [2.05, 4.69) is 15.6 Å². The van der Waals surface area contributed by atoms with Gasteiger partial charge in [0.2, 0.25) is 0 Å². The van der Waals surface area contributed by atoms with Crippen LogP contribution >= 0.6 is 23.1 Å². The summed E-state index contributed by atoms with van der Waals surface area (Å²) in [5, 5.41) is 7.50. The van der Waals surface area contributed by atoms with Crippen molar-refractivity contribution in [1.82, 2.24) is 10.3 Å². The quantitative estimate of drug-likeness (QED) is 0.579. The Labute approximate surface area is 172 Å². The Balaban J connectivity index is 1.68. The fourth-order valence-corrected chi connectivity index (χ4v) is 4.49. The predicted octanol–water partition coefficient (Wildman–Crippen LogP) is 4.66. The normalized spacial score (nSPS) is 10.5. The van der Waals surface area contributed by atoms with E-state index >= 15 is 0 Å². The topological polar surface area (TPSA) is 71.1 Å². The third kappa shape index (κ3) is 4.79. The van der Waals surface area contributed by atoms with Gasteiger partial charge in [-0.3, -0.25) is 9.59 Å². The van der Waals surface area contributed by atoms with Crippen molar-refractivity contribution in [2.75, 3.05) is 12.4 Å². The lowest BCUT2D eigenvalue weighted by molar-refractivity contribution is 0.0963. The van der Waals surface area contributed by atoms with Crippen LogP contribution < -0.4 is 10.6 Å². The molecular weight excluding hydrogens is 390 g/mol. The molecule has 2 amide bonds. The Morgan fingerprint density at radius 2 is 1.82 bits per heavy atom. The smallest absolute Gasteiger partial charge is 0.255 e. The first-order valence-electron chi connectivity index (χ1n) is 8.75. The molecule has 0 aliphatic rings.